The average molecular weight is 360 g/mol. The lowest BCUT2D eigenvalue weighted by atomic mass is 10.3. The summed E-state index contributed by atoms with van der Waals surface area (Å²) in [5.74, 6) is -0.426. The van der Waals surface area contributed by atoms with Crippen molar-refractivity contribution in [3.63, 3.8) is 0 Å². The van der Waals surface area contributed by atoms with Gasteiger partial charge in [0, 0.05) is 26.0 Å². The number of aryl methyl sites for hydroxylation is 1. The number of benzene rings is 1. The molecule has 1 aromatic carbocycles. The molecule has 0 bridgehead atoms. The number of nitrogens with zero attached hydrogens (tertiary/aromatic N) is 5. The Labute approximate surface area is 144 Å². The Bertz CT molecular complexity index is 1060. The first-order valence-corrected chi connectivity index (χ1v) is 8.76. The maximum absolute atomic E-state index is 12.5. The molecule has 1 N–H and O–H groups in total. The SMILES string of the molecule is Cc1ccnc2nc(C(=O)Nc3ccccc3S(=O)(=O)N(C)C)nn12. The number of anilines is 1. The minimum atomic E-state index is -3.71. The van der Waals surface area contributed by atoms with Crippen molar-refractivity contribution in [2.75, 3.05) is 19.4 Å². The van der Waals surface area contributed by atoms with Gasteiger partial charge in [0.2, 0.25) is 15.8 Å². The number of rotatable bonds is 4. The quantitative estimate of drug-likeness (QED) is 0.741. The largest absolute Gasteiger partial charge is 0.318 e. The molecule has 0 aliphatic heterocycles. The number of aromatic nitrogens is 4. The molecule has 2 aromatic heterocycles. The van der Waals surface area contributed by atoms with Gasteiger partial charge in [0.25, 0.3) is 11.7 Å². The molecule has 3 rings (SSSR count). The second-order valence-electron chi connectivity index (χ2n) is 5.47. The number of nitrogens with one attached hydrogen (secondary N) is 1. The van der Waals surface area contributed by atoms with Crippen LogP contribution in [0.5, 0.6) is 0 Å². The number of amides is 1. The minimum absolute atomic E-state index is 0.00794. The molecule has 0 aliphatic rings. The first-order valence-electron chi connectivity index (χ1n) is 7.32. The van der Waals surface area contributed by atoms with Crippen LogP contribution in [0.3, 0.4) is 0 Å². The minimum Gasteiger partial charge on any atom is -0.318 e. The Balaban J connectivity index is 1.97. The number of para-hydroxylation sites is 1. The normalized spacial score (nSPS) is 11.8. The summed E-state index contributed by atoms with van der Waals surface area (Å²) in [5, 5.41) is 6.66. The molecule has 0 fully saturated rings. The van der Waals surface area contributed by atoms with E-state index in [1.54, 1.807) is 24.4 Å². The van der Waals surface area contributed by atoms with Gasteiger partial charge in [-0.15, -0.1) is 5.10 Å². The van der Waals surface area contributed by atoms with E-state index in [9.17, 15) is 13.2 Å². The number of hydrogen-bond acceptors (Lipinski definition) is 6. The van der Waals surface area contributed by atoms with E-state index in [2.05, 4.69) is 20.4 Å². The Morgan fingerprint density at radius 2 is 1.92 bits per heavy atom. The second kappa shape index (κ2) is 6.22. The van der Waals surface area contributed by atoms with Crippen LogP contribution >= 0.6 is 0 Å². The smallest absolute Gasteiger partial charge is 0.295 e. The molecule has 0 spiro atoms. The molecule has 0 saturated heterocycles. The van der Waals surface area contributed by atoms with Crippen molar-refractivity contribution >= 4 is 27.4 Å². The van der Waals surface area contributed by atoms with E-state index in [4.69, 9.17) is 0 Å². The van der Waals surface area contributed by atoms with Crippen LogP contribution in [-0.2, 0) is 10.0 Å². The molecular formula is C15H16N6O3S. The van der Waals surface area contributed by atoms with Crippen LogP contribution in [-0.4, -0.2) is 52.3 Å². The number of hydrogen-bond donors (Lipinski definition) is 1. The Morgan fingerprint density at radius 1 is 1.20 bits per heavy atom. The summed E-state index contributed by atoms with van der Waals surface area (Å²) < 4.78 is 27.3. The summed E-state index contributed by atoms with van der Waals surface area (Å²) in [6.07, 6.45) is 1.57. The van der Waals surface area contributed by atoms with Gasteiger partial charge >= 0.3 is 0 Å². The predicted molar refractivity (Wildman–Crippen MR) is 90.8 cm³/mol. The first-order chi connectivity index (χ1) is 11.8. The maximum Gasteiger partial charge on any atom is 0.295 e. The van der Waals surface area contributed by atoms with Crippen LogP contribution in [0, 0.1) is 6.92 Å². The highest BCUT2D eigenvalue weighted by molar-refractivity contribution is 7.89. The van der Waals surface area contributed by atoms with Crippen molar-refractivity contribution in [3.8, 4) is 0 Å². The lowest BCUT2D eigenvalue weighted by molar-refractivity contribution is 0.101. The van der Waals surface area contributed by atoms with Crippen molar-refractivity contribution in [1.82, 2.24) is 23.9 Å². The Hall–Kier alpha value is -2.85. The second-order valence-corrected chi connectivity index (χ2v) is 7.59. The zero-order valence-electron chi connectivity index (χ0n) is 13.8. The van der Waals surface area contributed by atoms with E-state index in [0.29, 0.717) is 5.78 Å². The molecular weight excluding hydrogens is 344 g/mol. The molecule has 10 heteroatoms. The van der Waals surface area contributed by atoms with Crippen LogP contribution in [0.1, 0.15) is 16.3 Å². The molecule has 0 unspecified atom stereocenters. The van der Waals surface area contributed by atoms with Crippen LogP contribution in [0.25, 0.3) is 5.78 Å². The molecule has 0 aliphatic carbocycles. The molecule has 0 radical (unpaired) electrons. The van der Waals surface area contributed by atoms with E-state index in [-0.39, 0.29) is 16.4 Å². The zero-order valence-corrected chi connectivity index (χ0v) is 14.6. The number of sulfonamides is 1. The van der Waals surface area contributed by atoms with E-state index in [1.807, 2.05) is 6.92 Å². The lowest BCUT2D eigenvalue weighted by Crippen LogP contribution is -2.24. The van der Waals surface area contributed by atoms with E-state index in [1.165, 1.54) is 30.7 Å². The van der Waals surface area contributed by atoms with Crippen molar-refractivity contribution in [2.24, 2.45) is 0 Å². The fourth-order valence-electron chi connectivity index (χ4n) is 2.17. The zero-order chi connectivity index (χ0) is 18.2. The summed E-state index contributed by atoms with van der Waals surface area (Å²) >= 11 is 0. The summed E-state index contributed by atoms with van der Waals surface area (Å²) in [6, 6.07) is 7.89. The fourth-order valence-corrected chi connectivity index (χ4v) is 3.21. The first kappa shape index (κ1) is 17.0. The standard InChI is InChI=1S/C15H16N6O3S/c1-10-8-9-16-15-18-13(19-21(10)15)14(22)17-11-6-4-5-7-12(11)25(23,24)20(2)3/h4-9H,1-3H3,(H,17,22). The number of fused-ring (bicyclic) bond motifs is 1. The van der Waals surface area contributed by atoms with Gasteiger partial charge in [0.15, 0.2) is 0 Å². The molecule has 9 nitrogen and oxygen atoms in total. The molecule has 25 heavy (non-hydrogen) atoms. The molecule has 0 saturated carbocycles. The summed E-state index contributed by atoms with van der Waals surface area (Å²) in [7, 11) is -0.861. The number of carbonyl (C=O) groups excluding carboxylic acids is 1. The average Bonchev–Trinajstić information content (AvgIpc) is 3.01. The fraction of sp³-hybridized carbons (Fsp3) is 0.200. The molecule has 0 atom stereocenters. The van der Waals surface area contributed by atoms with Crippen molar-refractivity contribution in [3.05, 3.63) is 48.0 Å². The van der Waals surface area contributed by atoms with Crippen LogP contribution in [0.15, 0.2) is 41.4 Å². The lowest BCUT2D eigenvalue weighted by Gasteiger charge is -2.15. The maximum atomic E-state index is 12.5. The van der Waals surface area contributed by atoms with Gasteiger partial charge in [0.05, 0.1) is 5.69 Å². The highest BCUT2D eigenvalue weighted by atomic mass is 32.2. The summed E-state index contributed by atoms with van der Waals surface area (Å²) in [4.78, 5) is 20.6. The monoisotopic (exact) mass is 360 g/mol. The molecule has 1 amide bonds. The third-order valence-electron chi connectivity index (χ3n) is 3.53. The number of carbonyl (C=O) groups is 1. The third-order valence-corrected chi connectivity index (χ3v) is 5.40. The van der Waals surface area contributed by atoms with Crippen molar-refractivity contribution in [1.29, 1.82) is 0 Å². The van der Waals surface area contributed by atoms with Gasteiger partial charge in [-0.25, -0.2) is 22.2 Å². The van der Waals surface area contributed by atoms with E-state index < -0.39 is 15.9 Å². The van der Waals surface area contributed by atoms with Gasteiger partial charge in [-0.3, -0.25) is 4.79 Å². The van der Waals surface area contributed by atoms with E-state index in [0.717, 1.165) is 10.00 Å². The molecule has 3 aromatic rings. The van der Waals surface area contributed by atoms with Crippen LogP contribution < -0.4 is 5.32 Å². The van der Waals surface area contributed by atoms with Gasteiger partial charge in [-0.1, -0.05) is 12.1 Å². The summed E-state index contributed by atoms with van der Waals surface area (Å²) in [6.45, 7) is 1.81. The van der Waals surface area contributed by atoms with Gasteiger partial charge < -0.3 is 5.32 Å². The topological polar surface area (TPSA) is 110 Å². The highest BCUT2D eigenvalue weighted by Crippen LogP contribution is 2.23. The van der Waals surface area contributed by atoms with Crippen molar-refractivity contribution in [2.45, 2.75) is 11.8 Å². The third kappa shape index (κ3) is 3.08. The predicted octanol–water partition coefficient (Wildman–Crippen LogP) is 0.935. The van der Waals surface area contributed by atoms with Gasteiger partial charge in [-0.05, 0) is 25.1 Å². The van der Waals surface area contributed by atoms with Crippen molar-refractivity contribution < 1.29 is 13.2 Å². The Morgan fingerprint density at radius 3 is 2.60 bits per heavy atom. The van der Waals surface area contributed by atoms with E-state index >= 15 is 0 Å². The summed E-state index contributed by atoms with van der Waals surface area (Å²) in [5.41, 5.74) is 0.928. The highest BCUT2D eigenvalue weighted by Gasteiger charge is 2.23. The Kier molecular flexibility index (Phi) is 4.23. The van der Waals surface area contributed by atoms with Crippen LogP contribution in [0.2, 0.25) is 0 Å². The van der Waals surface area contributed by atoms with Crippen LogP contribution in [0.4, 0.5) is 5.69 Å². The molecule has 2 heterocycles. The van der Waals surface area contributed by atoms with Gasteiger partial charge in [0.1, 0.15) is 4.90 Å². The molecule has 130 valence electrons. The van der Waals surface area contributed by atoms with Gasteiger partial charge in [-0.2, -0.15) is 4.98 Å².